The monoisotopic (exact) mass is 652 g/mol. The average molecular weight is 653 g/mol. The lowest BCUT2D eigenvalue weighted by Gasteiger charge is -2.41. The fourth-order valence-corrected chi connectivity index (χ4v) is 6.05. The smallest absolute Gasteiger partial charge is 0.410 e. The van der Waals surface area contributed by atoms with Gasteiger partial charge in [0, 0.05) is 23.3 Å². The quantitative estimate of drug-likeness (QED) is 0.164. The van der Waals surface area contributed by atoms with Crippen LogP contribution in [0.15, 0.2) is 72.8 Å². The summed E-state index contributed by atoms with van der Waals surface area (Å²) in [6, 6.07) is 22.6. The van der Waals surface area contributed by atoms with E-state index in [2.05, 4.69) is 39.2 Å². The molecule has 2 atom stereocenters. The summed E-state index contributed by atoms with van der Waals surface area (Å²) in [4.78, 5) is 27.9. The van der Waals surface area contributed by atoms with Gasteiger partial charge in [0.25, 0.3) is 0 Å². The first-order valence-electron chi connectivity index (χ1n) is 15.4. The number of hydrogen-bond donors (Lipinski definition) is 1. The Hall–Kier alpha value is -3.33. The third-order valence-corrected chi connectivity index (χ3v) is 12.8. The van der Waals surface area contributed by atoms with Gasteiger partial charge in [-0.05, 0) is 92.8 Å². The second-order valence-electron chi connectivity index (χ2n) is 13.9. The third kappa shape index (κ3) is 10.1. The number of ether oxygens (including phenoxy) is 2. The Morgan fingerprint density at radius 1 is 0.933 bits per heavy atom. The lowest BCUT2D eigenvalue weighted by Crippen LogP contribution is -2.49. The molecule has 244 valence electrons. The van der Waals surface area contributed by atoms with Gasteiger partial charge in [0.2, 0.25) is 0 Å². The molecule has 7 nitrogen and oxygen atoms in total. The van der Waals surface area contributed by atoms with E-state index in [0.717, 1.165) is 22.4 Å². The molecule has 3 aromatic rings. The zero-order valence-corrected chi connectivity index (χ0v) is 30.1. The molecular formula is C36H49ClN2O5Si. The fourth-order valence-electron chi connectivity index (χ4n) is 4.58. The van der Waals surface area contributed by atoms with E-state index in [4.69, 9.17) is 25.5 Å². The van der Waals surface area contributed by atoms with Crippen molar-refractivity contribution in [2.45, 2.75) is 84.3 Å². The summed E-state index contributed by atoms with van der Waals surface area (Å²) in [6.07, 6.45) is -0.818. The number of anilines is 1. The van der Waals surface area contributed by atoms with Gasteiger partial charge in [-0.1, -0.05) is 74.8 Å². The summed E-state index contributed by atoms with van der Waals surface area (Å²) in [5.41, 5.74) is 3.25. The van der Waals surface area contributed by atoms with Gasteiger partial charge in [0.15, 0.2) is 8.32 Å². The van der Waals surface area contributed by atoms with Crippen LogP contribution in [-0.4, -0.2) is 57.1 Å². The Morgan fingerprint density at radius 3 is 2.22 bits per heavy atom. The van der Waals surface area contributed by atoms with Crippen molar-refractivity contribution >= 4 is 37.7 Å². The Balaban J connectivity index is 1.92. The number of esters is 1. The molecule has 9 heteroatoms. The number of halogens is 1. The minimum absolute atomic E-state index is 0.0365. The minimum Gasteiger partial charge on any atom is -0.465 e. The molecule has 0 aliphatic rings. The number of benzene rings is 3. The number of carbonyl (C=O) groups is 2. The second-order valence-corrected chi connectivity index (χ2v) is 19.1. The van der Waals surface area contributed by atoms with Crippen molar-refractivity contribution in [2.24, 2.45) is 0 Å². The van der Waals surface area contributed by atoms with Gasteiger partial charge in [-0.15, -0.1) is 0 Å². The maximum atomic E-state index is 13.7. The predicted octanol–water partition coefficient (Wildman–Crippen LogP) is 9.59. The normalized spacial score (nSPS) is 13.5. The summed E-state index contributed by atoms with van der Waals surface area (Å²) < 4.78 is 17.8. The Morgan fingerprint density at radius 2 is 1.60 bits per heavy atom. The highest BCUT2D eigenvalue weighted by Crippen LogP contribution is 2.40. The molecule has 0 aliphatic carbocycles. The molecule has 0 saturated carbocycles. The number of hydrogen-bond acceptors (Lipinski definition) is 6. The number of methoxy groups -OCH3 is 1. The van der Waals surface area contributed by atoms with Crippen molar-refractivity contribution in [3.05, 3.63) is 88.9 Å². The summed E-state index contributed by atoms with van der Waals surface area (Å²) in [6.45, 7) is 19.3. The molecule has 0 spiro atoms. The topological polar surface area (TPSA) is 77.1 Å². The van der Waals surface area contributed by atoms with Crippen LogP contribution in [0.2, 0.25) is 23.2 Å². The zero-order valence-electron chi connectivity index (χ0n) is 28.4. The van der Waals surface area contributed by atoms with Crippen molar-refractivity contribution in [3.8, 4) is 11.1 Å². The first-order valence-corrected chi connectivity index (χ1v) is 18.6. The molecule has 0 aliphatic heterocycles. The highest BCUT2D eigenvalue weighted by molar-refractivity contribution is 6.74. The fraction of sp³-hybridized carbons (Fsp3) is 0.444. The summed E-state index contributed by atoms with van der Waals surface area (Å²) in [5.74, 6) is -0.389. The molecule has 1 amide bonds. The number of rotatable bonds is 11. The molecule has 0 saturated heterocycles. The Bertz CT molecular complexity index is 1460. The molecule has 1 N–H and O–H groups in total. The molecule has 3 aromatic carbocycles. The van der Waals surface area contributed by atoms with E-state index in [-0.39, 0.29) is 23.6 Å². The molecule has 45 heavy (non-hydrogen) atoms. The van der Waals surface area contributed by atoms with Crippen LogP contribution in [0, 0.1) is 0 Å². The lowest BCUT2D eigenvalue weighted by atomic mass is 9.99. The van der Waals surface area contributed by atoms with Gasteiger partial charge in [-0.25, -0.2) is 9.59 Å². The lowest BCUT2D eigenvalue weighted by molar-refractivity contribution is 0.00798. The van der Waals surface area contributed by atoms with Gasteiger partial charge in [-0.3, -0.25) is 0 Å². The van der Waals surface area contributed by atoms with Gasteiger partial charge >= 0.3 is 12.1 Å². The van der Waals surface area contributed by atoms with Crippen LogP contribution in [0.3, 0.4) is 0 Å². The van der Waals surface area contributed by atoms with Crippen LogP contribution in [0.25, 0.3) is 11.1 Å². The molecular weight excluding hydrogens is 604 g/mol. The predicted molar refractivity (Wildman–Crippen MR) is 187 cm³/mol. The van der Waals surface area contributed by atoms with Crippen LogP contribution in [0.1, 0.15) is 70.5 Å². The van der Waals surface area contributed by atoms with E-state index >= 15 is 0 Å². The second kappa shape index (κ2) is 14.8. The van der Waals surface area contributed by atoms with E-state index < -0.39 is 26.1 Å². The van der Waals surface area contributed by atoms with Crippen LogP contribution >= 0.6 is 11.6 Å². The van der Waals surface area contributed by atoms with E-state index in [1.807, 2.05) is 94.4 Å². The first-order chi connectivity index (χ1) is 20.9. The summed E-state index contributed by atoms with van der Waals surface area (Å²) >= 11 is 6.42. The maximum absolute atomic E-state index is 13.7. The highest BCUT2D eigenvalue weighted by atomic mass is 35.5. The molecule has 0 radical (unpaired) electrons. The number of nitrogens with zero attached hydrogens (tertiary/aromatic N) is 1. The van der Waals surface area contributed by atoms with Crippen LogP contribution < -0.4 is 5.32 Å². The molecule has 0 aromatic heterocycles. The van der Waals surface area contributed by atoms with Crippen molar-refractivity contribution in [1.82, 2.24) is 4.90 Å². The van der Waals surface area contributed by atoms with Crippen molar-refractivity contribution in [3.63, 3.8) is 0 Å². The van der Waals surface area contributed by atoms with Gasteiger partial charge in [0.05, 0.1) is 25.3 Å². The molecule has 2 unspecified atom stereocenters. The zero-order chi connectivity index (χ0) is 33.6. The minimum atomic E-state index is -2.25. The van der Waals surface area contributed by atoms with E-state index in [9.17, 15) is 9.59 Å². The number of amides is 1. The third-order valence-electron chi connectivity index (χ3n) is 8.09. The van der Waals surface area contributed by atoms with Crippen molar-refractivity contribution < 1.29 is 23.5 Å². The van der Waals surface area contributed by atoms with E-state index in [0.29, 0.717) is 17.1 Å². The maximum Gasteiger partial charge on any atom is 0.410 e. The van der Waals surface area contributed by atoms with Gasteiger partial charge in [0.1, 0.15) is 5.60 Å². The molecule has 0 heterocycles. The summed E-state index contributed by atoms with van der Waals surface area (Å²) in [5, 5.41) is 4.07. The molecule has 3 rings (SSSR count). The van der Waals surface area contributed by atoms with Crippen molar-refractivity contribution in [1.29, 1.82) is 0 Å². The summed E-state index contributed by atoms with van der Waals surface area (Å²) in [7, 11) is -0.869. The Labute approximate surface area is 275 Å². The molecule has 0 bridgehead atoms. The standard InChI is InChI=1S/C36H49ClN2O5Si/c1-25(23-38-29-18-14-15-26(22-29)30-19-11-12-20-31(30)33(40)42-8)39(34(41)43-35(2,3)4)24-32(27-16-13-17-28(37)21-27)44-45(9,10)36(5,6)7/h11-22,25,32,38H,23-24H2,1-10H3. The van der Waals surface area contributed by atoms with Crippen LogP contribution in [0.5, 0.6) is 0 Å². The Kier molecular flexibility index (Phi) is 11.9. The average Bonchev–Trinajstić information content (AvgIpc) is 2.96. The van der Waals surface area contributed by atoms with Gasteiger partial charge in [-0.2, -0.15) is 0 Å². The largest absolute Gasteiger partial charge is 0.465 e. The highest BCUT2D eigenvalue weighted by Gasteiger charge is 2.41. The SMILES string of the molecule is COC(=O)c1ccccc1-c1cccc(NCC(C)N(CC(O[Si](C)(C)C(C)(C)C)c2cccc(Cl)c2)C(=O)OC(C)(C)C)c1. The first kappa shape index (κ1) is 36.1. The van der Waals surface area contributed by atoms with Crippen molar-refractivity contribution in [2.75, 3.05) is 25.5 Å². The molecule has 0 fully saturated rings. The van der Waals surface area contributed by atoms with Gasteiger partial charge < -0.3 is 24.1 Å². The number of nitrogens with one attached hydrogen (secondary N) is 1. The van der Waals surface area contributed by atoms with Crippen LogP contribution in [-0.2, 0) is 13.9 Å². The van der Waals surface area contributed by atoms with Crippen LogP contribution in [0.4, 0.5) is 10.5 Å². The number of carbonyl (C=O) groups excluding carboxylic acids is 2. The van der Waals surface area contributed by atoms with E-state index in [1.54, 1.807) is 11.0 Å². The van der Waals surface area contributed by atoms with E-state index in [1.165, 1.54) is 7.11 Å².